The van der Waals surface area contributed by atoms with Gasteiger partial charge >= 0.3 is 0 Å². The largest absolute Gasteiger partial charge is 0.391 e. The van der Waals surface area contributed by atoms with Gasteiger partial charge in [-0.1, -0.05) is 36.4 Å². The molecule has 0 aromatic heterocycles. The maximum Gasteiger partial charge on any atom is 0.159 e. The van der Waals surface area contributed by atoms with Crippen molar-refractivity contribution in [2.24, 2.45) is 0 Å². The molecule has 1 atom stereocenters. The van der Waals surface area contributed by atoms with E-state index >= 15 is 0 Å². The Morgan fingerprint density at radius 1 is 0.950 bits per heavy atom. The molecule has 106 valence electrons. The molecule has 0 heterocycles. The fourth-order valence-electron chi connectivity index (χ4n) is 1.99. The second-order valence-electron chi connectivity index (χ2n) is 4.72. The first kappa shape index (κ1) is 14.6. The van der Waals surface area contributed by atoms with Gasteiger partial charge in [0.1, 0.15) is 0 Å². The molecule has 0 bridgehead atoms. The minimum Gasteiger partial charge on any atom is -0.391 e. The molecule has 2 rings (SSSR count). The van der Waals surface area contributed by atoms with E-state index in [0.29, 0.717) is 25.1 Å². The van der Waals surface area contributed by atoms with E-state index in [2.05, 4.69) is 5.32 Å². The molecule has 1 unspecified atom stereocenters. The Morgan fingerprint density at radius 2 is 1.70 bits per heavy atom. The number of hydrogen-bond acceptors (Lipinski definition) is 2. The van der Waals surface area contributed by atoms with Gasteiger partial charge < -0.3 is 10.4 Å². The van der Waals surface area contributed by atoms with Crippen molar-refractivity contribution < 1.29 is 13.9 Å². The highest BCUT2D eigenvalue weighted by Crippen LogP contribution is 2.08. The predicted octanol–water partition coefficient (Wildman–Crippen LogP) is 2.66. The van der Waals surface area contributed by atoms with Crippen LogP contribution in [0.25, 0.3) is 0 Å². The van der Waals surface area contributed by atoms with Crippen LogP contribution in [0.15, 0.2) is 48.5 Å². The van der Waals surface area contributed by atoms with Crippen molar-refractivity contribution in [3.8, 4) is 0 Å². The van der Waals surface area contributed by atoms with Gasteiger partial charge in [-0.05, 0) is 29.7 Å². The molecule has 0 saturated heterocycles. The molecule has 20 heavy (non-hydrogen) atoms. The normalized spacial score (nSPS) is 12.3. The lowest BCUT2D eigenvalue weighted by Crippen LogP contribution is -2.28. The smallest absolute Gasteiger partial charge is 0.159 e. The molecule has 0 radical (unpaired) electrons. The summed E-state index contributed by atoms with van der Waals surface area (Å²) in [5.74, 6) is -1.70. The fraction of sp³-hybridized carbons (Fsp3) is 0.250. The number of aliphatic hydroxyl groups is 1. The van der Waals surface area contributed by atoms with E-state index in [0.717, 1.165) is 17.7 Å². The van der Waals surface area contributed by atoms with Crippen LogP contribution >= 0.6 is 0 Å². The second kappa shape index (κ2) is 7.12. The molecule has 0 saturated carbocycles. The van der Waals surface area contributed by atoms with Crippen LogP contribution in [0.1, 0.15) is 11.1 Å². The lowest BCUT2D eigenvalue weighted by atomic mass is 10.1. The average Bonchev–Trinajstić information content (AvgIpc) is 2.44. The highest BCUT2D eigenvalue weighted by atomic mass is 19.2. The number of aliphatic hydroxyl groups excluding tert-OH is 1. The third-order valence-corrected chi connectivity index (χ3v) is 3.01. The van der Waals surface area contributed by atoms with Crippen molar-refractivity contribution >= 4 is 0 Å². The van der Waals surface area contributed by atoms with Crippen LogP contribution in [0.4, 0.5) is 8.78 Å². The van der Waals surface area contributed by atoms with Crippen LogP contribution in [0, 0.1) is 11.6 Å². The van der Waals surface area contributed by atoms with E-state index < -0.39 is 17.7 Å². The summed E-state index contributed by atoms with van der Waals surface area (Å²) in [6.07, 6.45) is 0.0497. The number of rotatable bonds is 6. The van der Waals surface area contributed by atoms with E-state index in [1.165, 1.54) is 6.07 Å². The molecule has 2 aromatic rings. The number of halogens is 2. The van der Waals surface area contributed by atoms with Crippen LogP contribution in [-0.4, -0.2) is 17.8 Å². The zero-order valence-electron chi connectivity index (χ0n) is 11.0. The minimum atomic E-state index is -0.853. The number of benzene rings is 2. The number of hydrogen-bond donors (Lipinski definition) is 2. The van der Waals surface area contributed by atoms with E-state index in [9.17, 15) is 13.9 Å². The first-order valence-corrected chi connectivity index (χ1v) is 6.52. The molecule has 2 N–H and O–H groups in total. The first-order chi connectivity index (χ1) is 9.65. The van der Waals surface area contributed by atoms with Gasteiger partial charge in [0.2, 0.25) is 0 Å². The Kier molecular flexibility index (Phi) is 5.21. The molecule has 0 fully saturated rings. The van der Waals surface area contributed by atoms with Gasteiger partial charge in [0.25, 0.3) is 0 Å². The average molecular weight is 277 g/mol. The molecule has 0 aliphatic heterocycles. The highest BCUT2D eigenvalue weighted by molar-refractivity contribution is 5.18. The Labute approximate surface area is 117 Å². The van der Waals surface area contributed by atoms with Gasteiger partial charge in [-0.15, -0.1) is 0 Å². The van der Waals surface area contributed by atoms with Crippen LogP contribution < -0.4 is 5.32 Å². The van der Waals surface area contributed by atoms with E-state index in [1.54, 1.807) is 0 Å². The third kappa shape index (κ3) is 4.40. The summed E-state index contributed by atoms with van der Waals surface area (Å²) in [5, 5.41) is 12.9. The summed E-state index contributed by atoms with van der Waals surface area (Å²) in [5.41, 5.74) is 1.71. The predicted molar refractivity (Wildman–Crippen MR) is 74.2 cm³/mol. The van der Waals surface area contributed by atoms with Gasteiger partial charge in [-0.2, -0.15) is 0 Å². The van der Waals surface area contributed by atoms with Crippen molar-refractivity contribution in [2.75, 3.05) is 6.54 Å². The fourth-order valence-corrected chi connectivity index (χ4v) is 1.99. The molecule has 0 amide bonds. The summed E-state index contributed by atoms with van der Waals surface area (Å²) in [6.45, 7) is 0.789. The topological polar surface area (TPSA) is 32.3 Å². The summed E-state index contributed by atoms with van der Waals surface area (Å²) in [7, 11) is 0. The zero-order valence-corrected chi connectivity index (χ0v) is 11.0. The Morgan fingerprint density at radius 3 is 2.40 bits per heavy atom. The van der Waals surface area contributed by atoms with Gasteiger partial charge in [0.05, 0.1) is 6.10 Å². The second-order valence-corrected chi connectivity index (χ2v) is 4.72. The van der Waals surface area contributed by atoms with Crippen molar-refractivity contribution in [3.05, 3.63) is 71.3 Å². The quantitative estimate of drug-likeness (QED) is 0.851. The van der Waals surface area contributed by atoms with Crippen LogP contribution in [0.2, 0.25) is 0 Å². The Hall–Kier alpha value is -1.78. The maximum absolute atomic E-state index is 13.0. The van der Waals surface area contributed by atoms with Crippen LogP contribution in [-0.2, 0) is 13.0 Å². The molecule has 2 aromatic carbocycles. The van der Waals surface area contributed by atoms with Gasteiger partial charge in [-0.3, -0.25) is 0 Å². The molecule has 0 aliphatic carbocycles. The van der Waals surface area contributed by atoms with Gasteiger partial charge in [-0.25, -0.2) is 8.78 Å². The van der Waals surface area contributed by atoms with Crippen molar-refractivity contribution in [1.29, 1.82) is 0 Å². The maximum atomic E-state index is 13.0. The Bertz CT molecular complexity index is 545. The molecular formula is C16H17F2NO. The van der Waals surface area contributed by atoms with Gasteiger partial charge in [0, 0.05) is 13.1 Å². The van der Waals surface area contributed by atoms with Crippen LogP contribution in [0.3, 0.4) is 0 Å². The Balaban J connectivity index is 1.76. The lowest BCUT2D eigenvalue weighted by molar-refractivity contribution is 0.171. The molecule has 4 heteroatoms. The zero-order chi connectivity index (χ0) is 14.4. The monoisotopic (exact) mass is 277 g/mol. The molecular weight excluding hydrogens is 260 g/mol. The SMILES string of the molecule is OC(CNCc1ccc(F)c(F)c1)Cc1ccccc1. The van der Waals surface area contributed by atoms with Crippen LogP contribution in [0.5, 0.6) is 0 Å². The first-order valence-electron chi connectivity index (χ1n) is 6.52. The molecule has 2 nitrogen and oxygen atoms in total. The minimum absolute atomic E-state index is 0.392. The summed E-state index contributed by atoms with van der Waals surface area (Å²) in [6, 6.07) is 13.5. The van der Waals surface area contributed by atoms with Crippen molar-refractivity contribution in [3.63, 3.8) is 0 Å². The van der Waals surface area contributed by atoms with E-state index in [-0.39, 0.29) is 0 Å². The van der Waals surface area contributed by atoms with E-state index in [4.69, 9.17) is 0 Å². The third-order valence-electron chi connectivity index (χ3n) is 3.01. The summed E-state index contributed by atoms with van der Waals surface area (Å²) >= 11 is 0. The van der Waals surface area contributed by atoms with Crippen molar-refractivity contribution in [2.45, 2.75) is 19.1 Å². The van der Waals surface area contributed by atoms with Crippen molar-refractivity contribution in [1.82, 2.24) is 5.32 Å². The molecule has 0 spiro atoms. The summed E-state index contributed by atoms with van der Waals surface area (Å²) in [4.78, 5) is 0. The highest BCUT2D eigenvalue weighted by Gasteiger charge is 2.06. The lowest BCUT2D eigenvalue weighted by Gasteiger charge is -2.12. The van der Waals surface area contributed by atoms with Gasteiger partial charge in [0.15, 0.2) is 11.6 Å². The molecule has 0 aliphatic rings. The number of nitrogens with one attached hydrogen (secondary N) is 1. The standard InChI is InChI=1S/C16H17F2NO/c17-15-7-6-13(9-16(15)18)10-19-11-14(20)8-12-4-2-1-3-5-12/h1-7,9,14,19-20H,8,10-11H2. The summed E-state index contributed by atoms with van der Waals surface area (Å²) < 4.78 is 25.8. The van der Waals surface area contributed by atoms with E-state index in [1.807, 2.05) is 30.3 Å².